The lowest BCUT2D eigenvalue weighted by molar-refractivity contribution is 0.304. The Morgan fingerprint density at radius 3 is 2.64 bits per heavy atom. The van der Waals surface area contributed by atoms with E-state index in [-0.39, 0.29) is 5.41 Å². The van der Waals surface area contributed by atoms with Crippen LogP contribution in [0.3, 0.4) is 0 Å². The van der Waals surface area contributed by atoms with E-state index >= 15 is 0 Å². The molecule has 1 fully saturated rings. The zero-order valence-corrected chi connectivity index (χ0v) is 6.84. The summed E-state index contributed by atoms with van der Waals surface area (Å²) in [5.74, 6) is 0. The minimum atomic E-state index is -0.0729. The minimum absolute atomic E-state index is 0.0729. The summed E-state index contributed by atoms with van der Waals surface area (Å²) in [7, 11) is 0. The number of nitrogens with zero attached hydrogens (tertiary/aromatic N) is 1. The van der Waals surface area contributed by atoms with Crippen molar-refractivity contribution in [1.29, 1.82) is 5.26 Å². The summed E-state index contributed by atoms with van der Waals surface area (Å²) in [4.78, 5) is 0. The van der Waals surface area contributed by atoms with Crippen molar-refractivity contribution in [3.8, 4) is 6.07 Å². The molecule has 1 aliphatic rings. The molecule has 0 bridgehead atoms. The molecule has 0 amide bonds. The fourth-order valence-electron chi connectivity index (χ4n) is 1.66. The number of nitriles is 1. The van der Waals surface area contributed by atoms with Crippen molar-refractivity contribution >= 4 is 0 Å². The highest BCUT2D eigenvalue weighted by molar-refractivity contribution is 5.05. The van der Waals surface area contributed by atoms with Gasteiger partial charge in [0, 0.05) is 0 Å². The molecule has 0 heterocycles. The third kappa shape index (κ3) is 1.83. The molecule has 0 unspecified atom stereocenters. The minimum Gasteiger partial charge on any atom is -0.198 e. The molecule has 0 saturated heterocycles. The first-order valence-corrected chi connectivity index (χ1v) is 4.17. The second-order valence-electron chi connectivity index (χ2n) is 3.25. The highest BCUT2D eigenvalue weighted by Crippen LogP contribution is 2.38. The zero-order chi connectivity index (χ0) is 8.16. The summed E-state index contributed by atoms with van der Waals surface area (Å²) in [6.45, 7) is 3.69. The third-order valence-corrected chi connectivity index (χ3v) is 2.43. The Bertz CT molecular complexity index is 170. The molecular formula is C10H14N. The van der Waals surface area contributed by atoms with Gasteiger partial charge in [0.25, 0.3) is 0 Å². The van der Waals surface area contributed by atoms with Gasteiger partial charge in [-0.15, -0.1) is 6.58 Å². The van der Waals surface area contributed by atoms with Gasteiger partial charge in [0.15, 0.2) is 0 Å². The molecule has 0 aromatic heterocycles. The first-order chi connectivity index (χ1) is 5.33. The van der Waals surface area contributed by atoms with Crippen molar-refractivity contribution in [2.75, 3.05) is 0 Å². The van der Waals surface area contributed by atoms with Crippen LogP contribution in [-0.2, 0) is 0 Å². The fraction of sp³-hybridized carbons (Fsp3) is 0.600. The van der Waals surface area contributed by atoms with Gasteiger partial charge in [0.2, 0.25) is 0 Å². The lowest BCUT2D eigenvalue weighted by Crippen LogP contribution is -2.21. The average molecular weight is 148 g/mol. The zero-order valence-electron chi connectivity index (χ0n) is 6.84. The van der Waals surface area contributed by atoms with Gasteiger partial charge in [-0.05, 0) is 38.5 Å². The van der Waals surface area contributed by atoms with Crippen LogP contribution in [0.5, 0.6) is 0 Å². The van der Waals surface area contributed by atoms with Gasteiger partial charge < -0.3 is 0 Å². The monoisotopic (exact) mass is 148 g/mol. The van der Waals surface area contributed by atoms with E-state index in [0.717, 1.165) is 32.1 Å². The molecule has 1 rings (SSSR count). The molecule has 1 aliphatic carbocycles. The Labute approximate surface area is 68.7 Å². The SMILES string of the molecule is C=CCC1(C#N)CC[CH]CC1. The number of rotatable bonds is 2. The molecule has 0 aromatic rings. The molecule has 0 aromatic carbocycles. The predicted molar refractivity (Wildman–Crippen MR) is 45.6 cm³/mol. The van der Waals surface area contributed by atoms with Crippen molar-refractivity contribution < 1.29 is 0 Å². The second-order valence-corrected chi connectivity index (χ2v) is 3.25. The van der Waals surface area contributed by atoms with Gasteiger partial charge in [0.1, 0.15) is 0 Å². The summed E-state index contributed by atoms with van der Waals surface area (Å²) >= 11 is 0. The van der Waals surface area contributed by atoms with E-state index in [0.29, 0.717) is 0 Å². The normalized spacial score (nSPS) is 22.1. The van der Waals surface area contributed by atoms with E-state index in [4.69, 9.17) is 5.26 Å². The molecule has 1 saturated carbocycles. The maximum atomic E-state index is 8.96. The van der Waals surface area contributed by atoms with E-state index in [1.165, 1.54) is 0 Å². The first-order valence-electron chi connectivity index (χ1n) is 4.17. The molecule has 59 valence electrons. The molecule has 0 aliphatic heterocycles. The first kappa shape index (κ1) is 8.33. The summed E-state index contributed by atoms with van der Waals surface area (Å²) in [6, 6.07) is 2.43. The molecule has 1 nitrogen and oxygen atoms in total. The van der Waals surface area contributed by atoms with Crippen molar-refractivity contribution in [2.24, 2.45) is 5.41 Å². The molecule has 0 spiro atoms. The van der Waals surface area contributed by atoms with Crippen LogP contribution in [0.2, 0.25) is 0 Å². The van der Waals surface area contributed by atoms with E-state index < -0.39 is 0 Å². The van der Waals surface area contributed by atoms with Crippen LogP contribution in [-0.4, -0.2) is 0 Å². The van der Waals surface area contributed by atoms with Gasteiger partial charge in [0.05, 0.1) is 11.5 Å². The standard InChI is InChI=1S/C10H14N/c1-2-6-10(9-11)7-4-3-5-8-10/h2-3H,1,4-8H2. The summed E-state index contributed by atoms with van der Waals surface area (Å²) in [5.41, 5.74) is -0.0729. The topological polar surface area (TPSA) is 23.8 Å². The van der Waals surface area contributed by atoms with Crippen LogP contribution in [0.25, 0.3) is 0 Å². The Kier molecular flexibility index (Phi) is 2.70. The van der Waals surface area contributed by atoms with Gasteiger partial charge in [-0.2, -0.15) is 5.26 Å². The van der Waals surface area contributed by atoms with E-state index in [2.05, 4.69) is 19.1 Å². The smallest absolute Gasteiger partial charge is 0.0693 e. The van der Waals surface area contributed by atoms with E-state index in [1.807, 2.05) is 6.08 Å². The average Bonchev–Trinajstić information content (AvgIpc) is 2.07. The van der Waals surface area contributed by atoms with Crippen LogP contribution in [0.1, 0.15) is 32.1 Å². The van der Waals surface area contributed by atoms with Gasteiger partial charge in [-0.25, -0.2) is 0 Å². The maximum Gasteiger partial charge on any atom is 0.0693 e. The Morgan fingerprint density at radius 2 is 2.18 bits per heavy atom. The Balaban J connectivity index is 2.58. The largest absolute Gasteiger partial charge is 0.198 e. The van der Waals surface area contributed by atoms with Crippen molar-refractivity contribution in [1.82, 2.24) is 0 Å². The van der Waals surface area contributed by atoms with Crippen LogP contribution in [0.4, 0.5) is 0 Å². The molecular weight excluding hydrogens is 134 g/mol. The van der Waals surface area contributed by atoms with Crippen molar-refractivity contribution in [2.45, 2.75) is 32.1 Å². The molecule has 0 atom stereocenters. The van der Waals surface area contributed by atoms with Crippen LogP contribution in [0, 0.1) is 23.2 Å². The third-order valence-electron chi connectivity index (χ3n) is 2.43. The summed E-state index contributed by atoms with van der Waals surface area (Å²) in [5, 5.41) is 8.96. The van der Waals surface area contributed by atoms with Crippen LogP contribution in [0.15, 0.2) is 12.7 Å². The molecule has 1 radical (unpaired) electrons. The lowest BCUT2D eigenvalue weighted by atomic mass is 9.73. The number of hydrogen-bond donors (Lipinski definition) is 0. The van der Waals surface area contributed by atoms with Gasteiger partial charge in [-0.3, -0.25) is 0 Å². The molecule has 1 heteroatoms. The Morgan fingerprint density at radius 1 is 1.55 bits per heavy atom. The number of hydrogen-bond acceptors (Lipinski definition) is 1. The van der Waals surface area contributed by atoms with Crippen LogP contribution >= 0.6 is 0 Å². The van der Waals surface area contributed by atoms with Gasteiger partial charge in [-0.1, -0.05) is 6.08 Å². The van der Waals surface area contributed by atoms with Crippen molar-refractivity contribution in [3.63, 3.8) is 0 Å². The molecule has 0 N–H and O–H groups in total. The van der Waals surface area contributed by atoms with E-state index in [9.17, 15) is 0 Å². The Hall–Kier alpha value is -0.770. The second kappa shape index (κ2) is 3.57. The molecule has 11 heavy (non-hydrogen) atoms. The van der Waals surface area contributed by atoms with Gasteiger partial charge >= 0.3 is 0 Å². The lowest BCUT2D eigenvalue weighted by Gasteiger charge is -2.28. The quantitative estimate of drug-likeness (QED) is 0.552. The van der Waals surface area contributed by atoms with Crippen molar-refractivity contribution in [3.05, 3.63) is 19.1 Å². The predicted octanol–water partition coefficient (Wildman–Crippen LogP) is 2.85. The number of allylic oxidation sites excluding steroid dienone is 1. The summed E-state index contributed by atoms with van der Waals surface area (Å²) in [6.07, 6.45) is 9.25. The summed E-state index contributed by atoms with van der Waals surface area (Å²) < 4.78 is 0. The highest BCUT2D eigenvalue weighted by atomic mass is 14.4. The fourth-order valence-corrected chi connectivity index (χ4v) is 1.66. The maximum absolute atomic E-state index is 8.96. The van der Waals surface area contributed by atoms with E-state index in [1.54, 1.807) is 0 Å². The van der Waals surface area contributed by atoms with Crippen LogP contribution < -0.4 is 0 Å². The highest BCUT2D eigenvalue weighted by Gasteiger charge is 2.30.